The summed E-state index contributed by atoms with van der Waals surface area (Å²) in [5.74, 6) is 1.09. The first-order valence-corrected chi connectivity index (χ1v) is 8.00. The molecular weight excluding hydrogens is 252 g/mol. The fourth-order valence-corrected chi connectivity index (χ4v) is 3.23. The van der Waals surface area contributed by atoms with Crippen LogP contribution in [0.5, 0.6) is 0 Å². The van der Waals surface area contributed by atoms with Crippen LogP contribution < -0.4 is 5.32 Å². The number of hydrogen-bond donors (Lipinski definition) is 1. The highest BCUT2D eigenvalue weighted by atomic mass is 16.2. The number of rotatable bonds is 4. The van der Waals surface area contributed by atoms with Gasteiger partial charge in [-0.3, -0.25) is 9.69 Å². The van der Waals surface area contributed by atoms with Gasteiger partial charge in [-0.15, -0.1) is 0 Å². The molecule has 2 aliphatic heterocycles. The van der Waals surface area contributed by atoms with Crippen molar-refractivity contribution in [2.24, 2.45) is 5.92 Å². The summed E-state index contributed by atoms with van der Waals surface area (Å²) < 4.78 is 0. The number of piperidine rings is 1. The van der Waals surface area contributed by atoms with Gasteiger partial charge in [0, 0.05) is 32.7 Å². The topological polar surface area (TPSA) is 38.8 Å². The SMILES string of the molecule is CN(C)CC1CCN(C(=O)CN2CCCNCC2)CC1. The second-order valence-corrected chi connectivity index (χ2v) is 6.47. The van der Waals surface area contributed by atoms with Crippen molar-refractivity contribution in [2.45, 2.75) is 19.3 Å². The molecule has 2 saturated heterocycles. The molecule has 116 valence electrons. The van der Waals surface area contributed by atoms with Crippen LogP contribution in [-0.2, 0) is 4.79 Å². The maximum atomic E-state index is 12.4. The summed E-state index contributed by atoms with van der Waals surface area (Å²) in [7, 11) is 4.26. The number of carbonyl (C=O) groups excluding carboxylic acids is 1. The van der Waals surface area contributed by atoms with Crippen LogP contribution in [0.2, 0.25) is 0 Å². The van der Waals surface area contributed by atoms with Gasteiger partial charge in [0.15, 0.2) is 0 Å². The summed E-state index contributed by atoms with van der Waals surface area (Å²) in [4.78, 5) is 19.0. The van der Waals surface area contributed by atoms with E-state index in [-0.39, 0.29) is 0 Å². The first-order chi connectivity index (χ1) is 9.65. The van der Waals surface area contributed by atoms with Gasteiger partial charge in [0.05, 0.1) is 6.54 Å². The fraction of sp³-hybridized carbons (Fsp3) is 0.933. The van der Waals surface area contributed by atoms with Crippen LogP contribution in [0.15, 0.2) is 0 Å². The number of nitrogens with zero attached hydrogens (tertiary/aromatic N) is 3. The average Bonchev–Trinajstić information content (AvgIpc) is 2.67. The second-order valence-electron chi connectivity index (χ2n) is 6.47. The van der Waals surface area contributed by atoms with E-state index in [1.807, 2.05) is 0 Å². The molecule has 2 heterocycles. The Morgan fingerprint density at radius 1 is 1.15 bits per heavy atom. The minimum absolute atomic E-state index is 0.329. The molecule has 2 fully saturated rings. The van der Waals surface area contributed by atoms with Crippen molar-refractivity contribution in [3.05, 3.63) is 0 Å². The minimum Gasteiger partial charge on any atom is -0.342 e. The van der Waals surface area contributed by atoms with Gasteiger partial charge < -0.3 is 15.1 Å². The number of carbonyl (C=O) groups is 1. The standard InChI is InChI=1S/C15H30N4O/c1-17(2)12-14-4-9-19(10-5-14)15(20)13-18-8-3-6-16-7-11-18/h14,16H,3-13H2,1-2H3. The molecule has 0 spiro atoms. The summed E-state index contributed by atoms with van der Waals surface area (Å²) in [6, 6.07) is 0. The van der Waals surface area contributed by atoms with Crippen LogP contribution in [0.25, 0.3) is 0 Å². The highest BCUT2D eigenvalue weighted by molar-refractivity contribution is 5.78. The van der Waals surface area contributed by atoms with E-state index >= 15 is 0 Å². The van der Waals surface area contributed by atoms with Gasteiger partial charge in [0.25, 0.3) is 0 Å². The van der Waals surface area contributed by atoms with Crippen molar-refractivity contribution in [3.8, 4) is 0 Å². The van der Waals surface area contributed by atoms with Gasteiger partial charge in [-0.1, -0.05) is 0 Å². The van der Waals surface area contributed by atoms with Gasteiger partial charge >= 0.3 is 0 Å². The van der Waals surface area contributed by atoms with Gasteiger partial charge in [-0.05, 0) is 52.4 Å². The van der Waals surface area contributed by atoms with Crippen LogP contribution in [0.1, 0.15) is 19.3 Å². The predicted octanol–water partition coefficient (Wildman–Crippen LogP) is 0.0819. The Morgan fingerprint density at radius 2 is 1.90 bits per heavy atom. The molecule has 0 aliphatic carbocycles. The Balaban J connectivity index is 1.71. The molecule has 5 heteroatoms. The molecule has 0 aromatic heterocycles. The summed E-state index contributed by atoms with van der Waals surface area (Å²) in [5, 5.41) is 3.38. The highest BCUT2D eigenvalue weighted by Crippen LogP contribution is 2.18. The zero-order valence-electron chi connectivity index (χ0n) is 13.1. The molecule has 0 saturated carbocycles. The normalized spacial score (nSPS) is 23.1. The van der Waals surface area contributed by atoms with Crippen LogP contribution in [0.3, 0.4) is 0 Å². The van der Waals surface area contributed by atoms with E-state index in [2.05, 4.69) is 34.1 Å². The van der Waals surface area contributed by atoms with Crippen LogP contribution in [0.4, 0.5) is 0 Å². The molecule has 0 atom stereocenters. The van der Waals surface area contributed by atoms with E-state index < -0.39 is 0 Å². The Morgan fingerprint density at radius 3 is 2.60 bits per heavy atom. The Bertz CT molecular complexity index is 292. The third-order valence-electron chi connectivity index (χ3n) is 4.38. The lowest BCUT2D eigenvalue weighted by Gasteiger charge is -2.34. The van der Waals surface area contributed by atoms with Crippen LogP contribution in [0, 0.1) is 5.92 Å². The molecule has 0 aromatic rings. The number of amides is 1. The van der Waals surface area contributed by atoms with E-state index in [9.17, 15) is 4.79 Å². The van der Waals surface area contributed by atoms with Gasteiger partial charge in [0.1, 0.15) is 0 Å². The third kappa shape index (κ3) is 5.04. The number of hydrogen-bond acceptors (Lipinski definition) is 4. The maximum Gasteiger partial charge on any atom is 0.236 e. The first-order valence-electron chi connectivity index (χ1n) is 8.00. The van der Waals surface area contributed by atoms with Gasteiger partial charge in [-0.25, -0.2) is 0 Å². The summed E-state index contributed by atoms with van der Waals surface area (Å²) in [5.41, 5.74) is 0. The Hall–Kier alpha value is -0.650. The van der Waals surface area contributed by atoms with Crippen LogP contribution >= 0.6 is 0 Å². The summed E-state index contributed by atoms with van der Waals surface area (Å²) >= 11 is 0. The maximum absolute atomic E-state index is 12.4. The number of nitrogens with one attached hydrogen (secondary N) is 1. The van der Waals surface area contributed by atoms with E-state index in [4.69, 9.17) is 0 Å². The van der Waals surface area contributed by atoms with Gasteiger partial charge in [0.2, 0.25) is 5.91 Å². The van der Waals surface area contributed by atoms with E-state index in [1.165, 1.54) is 0 Å². The van der Waals surface area contributed by atoms with Crippen molar-refractivity contribution in [1.29, 1.82) is 0 Å². The van der Waals surface area contributed by atoms with Crippen molar-refractivity contribution >= 4 is 5.91 Å². The zero-order valence-corrected chi connectivity index (χ0v) is 13.1. The van der Waals surface area contributed by atoms with E-state index in [1.54, 1.807) is 0 Å². The largest absolute Gasteiger partial charge is 0.342 e. The smallest absolute Gasteiger partial charge is 0.236 e. The van der Waals surface area contributed by atoms with E-state index in [0.29, 0.717) is 12.5 Å². The molecule has 0 aromatic carbocycles. The summed E-state index contributed by atoms with van der Waals surface area (Å²) in [6.07, 6.45) is 3.47. The Labute approximate surface area is 123 Å². The fourth-order valence-electron chi connectivity index (χ4n) is 3.23. The van der Waals surface area contributed by atoms with Crippen LogP contribution in [-0.4, -0.2) is 87.1 Å². The highest BCUT2D eigenvalue weighted by Gasteiger charge is 2.24. The van der Waals surface area contributed by atoms with Gasteiger partial charge in [-0.2, -0.15) is 0 Å². The first kappa shape index (κ1) is 15.7. The molecule has 0 bridgehead atoms. The molecule has 0 radical (unpaired) electrons. The molecule has 5 nitrogen and oxygen atoms in total. The molecule has 1 amide bonds. The minimum atomic E-state index is 0.329. The molecule has 2 aliphatic rings. The molecule has 2 rings (SSSR count). The second kappa shape index (κ2) is 7.96. The van der Waals surface area contributed by atoms with Crippen molar-refractivity contribution in [1.82, 2.24) is 20.0 Å². The third-order valence-corrected chi connectivity index (χ3v) is 4.38. The molecule has 1 N–H and O–H groups in total. The van der Waals surface area contributed by atoms with Crippen molar-refractivity contribution in [3.63, 3.8) is 0 Å². The molecule has 0 unspecified atom stereocenters. The van der Waals surface area contributed by atoms with E-state index in [0.717, 1.165) is 71.0 Å². The zero-order chi connectivity index (χ0) is 14.4. The lowest BCUT2D eigenvalue weighted by Crippen LogP contribution is -2.45. The lowest BCUT2D eigenvalue weighted by atomic mass is 9.96. The average molecular weight is 282 g/mol. The Kier molecular flexibility index (Phi) is 6.26. The molecule has 20 heavy (non-hydrogen) atoms. The molecular formula is C15H30N4O. The predicted molar refractivity (Wildman–Crippen MR) is 81.8 cm³/mol. The monoisotopic (exact) mass is 282 g/mol. The summed E-state index contributed by atoms with van der Waals surface area (Å²) in [6.45, 7) is 7.81. The number of likely N-dealkylation sites (tertiary alicyclic amines) is 1. The lowest BCUT2D eigenvalue weighted by molar-refractivity contribution is -0.133. The van der Waals surface area contributed by atoms with Crippen molar-refractivity contribution in [2.75, 3.05) is 66.5 Å². The van der Waals surface area contributed by atoms with Crippen molar-refractivity contribution < 1.29 is 4.79 Å². The quantitative estimate of drug-likeness (QED) is 0.793.